The third-order valence-corrected chi connectivity index (χ3v) is 7.05. The summed E-state index contributed by atoms with van der Waals surface area (Å²) in [7, 11) is 2.42. The molecule has 0 aromatic carbocycles. The van der Waals surface area contributed by atoms with Crippen LogP contribution >= 0.6 is 26.6 Å². The van der Waals surface area contributed by atoms with Gasteiger partial charge in [0.05, 0.1) is 0 Å². The van der Waals surface area contributed by atoms with Gasteiger partial charge >= 0.3 is 0 Å². The third-order valence-electron chi connectivity index (χ3n) is 3.15. The van der Waals surface area contributed by atoms with E-state index < -0.39 is 0 Å². The number of hydrogen-bond acceptors (Lipinski definition) is 3. The molecule has 3 aliphatic rings. The van der Waals surface area contributed by atoms with E-state index in [1.54, 1.807) is 0 Å². The second kappa shape index (κ2) is 3.49. The SMILES string of the molecule is C1=CC2(N3PNPNP3)CCC1C2. The van der Waals surface area contributed by atoms with Gasteiger partial charge in [0.25, 0.3) is 0 Å². The summed E-state index contributed by atoms with van der Waals surface area (Å²) in [6.45, 7) is 0. The van der Waals surface area contributed by atoms with Gasteiger partial charge < -0.3 is 0 Å². The third kappa shape index (κ3) is 1.51. The topological polar surface area (TPSA) is 27.3 Å². The molecule has 13 heavy (non-hydrogen) atoms. The lowest BCUT2D eigenvalue weighted by atomic mass is 10.0. The molecule has 4 atom stereocenters. The monoisotopic (exact) mass is 233 g/mol. The minimum Gasteiger partial charge on any atom is -0.253 e. The first-order valence-electron chi connectivity index (χ1n) is 4.65. The Morgan fingerprint density at radius 3 is 2.77 bits per heavy atom. The standard InChI is InChI=1S/C7H14N3P3/c1-3-7(4-2-6(1)5-7)10-12-8-11-9-13-10/h1,3,6,8-9,11-13H,2,4-5H2. The molecule has 2 N–H and O–H groups in total. The smallest absolute Gasteiger partial charge is 0.0490 e. The Balaban J connectivity index is 1.79. The van der Waals surface area contributed by atoms with Crippen molar-refractivity contribution in [3.8, 4) is 0 Å². The fourth-order valence-electron chi connectivity index (χ4n) is 2.45. The molecular formula is C7H14N3P3. The first-order valence-corrected chi connectivity index (χ1v) is 7.54. The average molecular weight is 233 g/mol. The van der Waals surface area contributed by atoms with E-state index in [0.29, 0.717) is 5.54 Å². The summed E-state index contributed by atoms with van der Waals surface area (Å²) in [6, 6.07) is 0. The van der Waals surface area contributed by atoms with Gasteiger partial charge in [-0.2, -0.15) is 0 Å². The molecule has 0 amide bonds. The number of hydrogen-bond donors (Lipinski definition) is 2. The van der Waals surface area contributed by atoms with Crippen LogP contribution in [-0.2, 0) is 0 Å². The van der Waals surface area contributed by atoms with E-state index >= 15 is 0 Å². The molecule has 2 aliphatic carbocycles. The maximum absolute atomic E-state index is 3.43. The van der Waals surface area contributed by atoms with Gasteiger partial charge in [0.15, 0.2) is 0 Å². The highest BCUT2D eigenvalue weighted by molar-refractivity contribution is 7.65. The van der Waals surface area contributed by atoms with Crippen molar-refractivity contribution in [2.75, 3.05) is 0 Å². The van der Waals surface area contributed by atoms with Gasteiger partial charge in [-0.25, -0.2) is 4.44 Å². The zero-order chi connectivity index (χ0) is 8.73. The Kier molecular flexibility index (Phi) is 2.46. The summed E-state index contributed by atoms with van der Waals surface area (Å²) in [4.78, 5) is 6.87. The molecule has 1 heterocycles. The lowest BCUT2D eigenvalue weighted by molar-refractivity contribution is 0.391. The predicted molar refractivity (Wildman–Crippen MR) is 62.3 cm³/mol. The molecule has 2 bridgehead atoms. The van der Waals surface area contributed by atoms with Gasteiger partial charge in [0.1, 0.15) is 0 Å². The van der Waals surface area contributed by atoms with Crippen molar-refractivity contribution < 1.29 is 0 Å². The molecule has 0 aromatic heterocycles. The highest BCUT2D eigenvalue weighted by Gasteiger charge is 2.45. The highest BCUT2D eigenvalue weighted by atomic mass is 31.2. The number of fused-ring (bicyclic) bond motifs is 2. The van der Waals surface area contributed by atoms with Gasteiger partial charge in [-0.05, 0) is 25.2 Å². The van der Waals surface area contributed by atoms with Gasteiger partial charge in [-0.15, -0.1) is 0 Å². The molecule has 6 heteroatoms. The number of nitrogens with one attached hydrogen (secondary N) is 2. The minimum atomic E-state index is 0.437. The van der Waals surface area contributed by atoms with Crippen LogP contribution in [0.25, 0.3) is 0 Å². The normalized spacial score (nSPS) is 50.0. The molecule has 1 aliphatic heterocycles. The van der Waals surface area contributed by atoms with Crippen LogP contribution in [0.5, 0.6) is 0 Å². The van der Waals surface area contributed by atoms with Crippen LogP contribution in [0.1, 0.15) is 19.3 Å². The molecule has 4 unspecified atom stereocenters. The molecule has 72 valence electrons. The zero-order valence-corrected chi connectivity index (χ0v) is 10.3. The van der Waals surface area contributed by atoms with Crippen LogP contribution in [0.15, 0.2) is 12.2 Å². The van der Waals surface area contributed by atoms with Crippen LogP contribution in [0.2, 0.25) is 0 Å². The van der Waals surface area contributed by atoms with Crippen LogP contribution in [0.4, 0.5) is 0 Å². The van der Waals surface area contributed by atoms with Crippen molar-refractivity contribution in [3.63, 3.8) is 0 Å². The van der Waals surface area contributed by atoms with E-state index in [1.807, 2.05) is 0 Å². The molecule has 3 rings (SSSR count). The van der Waals surface area contributed by atoms with Crippen molar-refractivity contribution in [2.24, 2.45) is 5.92 Å². The summed E-state index contributed by atoms with van der Waals surface area (Å²) in [5.41, 5.74) is 0.437. The van der Waals surface area contributed by atoms with E-state index in [-0.39, 0.29) is 0 Å². The molecule has 0 spiro atoms. The summed E-state index contributed by atoms with van der Waals surface area (Å²) in [5, 5.41) is 0. The van der Waals surface area contributed by atoms with Crippen molar-refractivity contribution in [1.82, 2.24) is 14.2 Å². The van der Waals surface area contributed by atoms with E-state index in [4.69, 9.17) is 0 Å². The summed E-state index contributed by atoms with van der Waals surface area (Å²) in [5.74, 6) is 0.888. The van der Waals surface area contributed by atoms with E-state index in [9.17, 15) is 0 Å². The second-order valence-electron chi connectivity index (χ2n) is 3.90. The van der Waals surface area contributed by atoms with Crippen molar-refractivity contribution >= 4 is 26.6 Å². The first-order chi connectivity index (χ1) is 6.39. The Labute approximate surface area is 84.2 Å². The molecule has 3 nitrogen and oxygen atoms in total. The van der Waals surface area contributed by atoms with Gasteiger partial charge in [0, 0.05) is 32.2 Å². The zero-order valence-electron chi connectivity index (χ0n) is 7.30. The number of nitrogens with zero attached hydrogens (tertiary/aromatic N) is 1. The Morgan fingerprint density at radius 1 is 1.38 bits per heavy atom. The van der Waals surface area contributed by atoms with Crippen molar-refractivity contribution in [1.29, 1.82) is 0 Å². The van der Waals surface area contributed by atoms with Gasteiger partial charge in [0.2, 0.25) is 0 Å². The Bertz CT molecular complexity index is 241. The van der Waals surface area contributed by atoms with Crippen molar-refractivity contribution in [2.45, 2.75) is 24.8 Å². The predicted octanol–water partition coefficient (Wildman–Crippen LogP) is 2.12. The second-order valence-corrected chi connectivity index (χ2v) is 7.94. The Hall–Kier alpha value is 0.910. The maximum atomic E-state index is 3.43. The van der Waals surface area contributed by atoms with Crippen LogP contribution in [0.3, 0.4) is 0 Å². The Morgan fingerprint density at radius 2 is 2.23 bits per heavy atom. The molecule has 1 saturated carbocycles. The van der Waals surface area contributed by atoms with Crippen molar-refractivity contribution in [3.05, 3.63) is 12.2 Å². The molecule has 0 radical (unpaired) electrons. The average Bonchev–Trinajstić information content (AvgIpc) is 2.80. The van der Waals surface area contributed by atoms with Gasteiger partial charge in [-0.3, -0.25) is 9.72 Å². The van der Waals surface area contributed by atoms with Crippen LogP contribution in [-0.4, -0.2) is 9.98 Å². The molecule has 0 aromatic rings. The van der Waals surface area contributed by atoms with E-state index in [0.717, 1.165) is 32.6 Å². The lowest BCUT2D eigenvalue weighted by Crippen LogP contribution is -2.37. The quantitative estimate of drug-likeness (QED) is 0.536. The van der Waals surface area contributed by atoms with Crippen LogP contribution in [0, 0.1) is 5.92 Å². The van der Waals surface area contributed by atoms with E-state index in [2.05, 4.69) is 26.3 Å². The molecule has 1 saturated heterocycles. The first kappa shape index (κ1) is 9.16. The molecular weight excluding hydrogens is 219 g/mol. The number of allylic oxidation sites excluding steroid dienone is 1. The minimum absolute atomic E-state index is 0.437. The fourth-order valence-corrected chi connectivity index (χ4v) is 6.84. The fraction of sp³-hybridized carbons (Fsp3) is 0.714. The highest BCUT2D eigenvalue weighted by Crippen LogP contribution is 2.55. The lowest BCUT2D eigenvalue weighted by Gasteiger charge is -2.40. The summed E-state index contributed by atoms with van der Waals surface area (Å²) >= 11 is 0. The summed E-state index contributed by atoms with van der Waals surface area (Å²) in [6.07, 6.45) is 9.04. The van der Waals surface area contributed by atoms with E-state index in [1.165, 1.54) is 19.3 Å². The van der Waals surface area contributed by atoms with Crippen LogP contribution < -0.4 is 9.72 Å². The molecule has 2 fully saturated rings. The largest absolute Gasteiger partial charge is 0.253 e. The van der Waals surface area contributed by atoms with Gasteiger partial charge in [-0.1, -0.05) is 12.2 Å². The number of rotatable bonds is 1. The summed E-state index contributed by atoms with van der Waals surface area (Å²) < 4.78 is 2.60. The maximum Gasteiger partial charge on any atom is 0.0490 e.